The van der Waals surface area contributed by atoms with Crippen molar-refractivity contribution in [1.82, 2.24) is 9.97 Å². The smallest absolute Gasteiger partial charge is 0.162 e. The number of rotatable bonds is 7. The maximum absolute atomic E-state index is 14.7. The van der Waals surface area contributed by atoms with Gasteiger partial charge in [0.25, 0.3) is 0 Å². The second kappa shape index (κ2) is 11.4. The molecule has 1 aromatic carbocycles. The molecular formula is C29H38F2N2. The van der Waals surface area contributed by atoms with Gasteiger partial charge < -0.3 is 0 Å². The van der Waals surface area contributed by atoms with Crippen LogP contribution < -0.4 is 0 Å². The van der Waals surface area contributed by atoms with Gasteiger partial charge in [0.05, 0.1) is 0 Å². The summed E-state index contributed by atoms with van der Waals surface area (Å²) in [6.07, 6.45) is 19.6. The van der Waals surface area contributed by atoms with Gasteiger partial charge in [0, 0.05) is 18.8 Å². The van der Waals surface area contributed by atoms with Gasteiger partial charge in [-0.05, 0) is 105 Å². The van der Waals surface area contributed by atoms with E-state index >= 15 is 0 Å². The highest BCUT2D eigenvalue weighted by Crippen LogP contribution is 2.46. The van der Waals surface area contributed by atoms with E-state index < -0.39 is 11.6 Å². The number of aryl methyl sites for hydroxylation is 1. The lowest BCUT2D eigenvalue weighted by molar-refractivity contribution is 0.176. The summed E-state index contributed by atoms with van der Waals surface area (Å²) in [5, 5.41) is 0. The maximum atomic E-state index is 14.7. The van der Waals surface area contributed by atoms with Crippen LogP contribution in [-0.2, 0) is 12.8 Å². The molecule has 4 rings (SSSR count). The van der Waals surface area contributed by atoms with Crippen LogP contribution in [0.3, 0.4) is 0 Å². The third-order valence-corrected chi connectivity index (χ3v) is 8.09. The maximum Gasteiger partial charge on any atom is 0.162 e. The van der Waals surface area contributed by atoms with Crippen molar-refractivity contribution >= 4 is 0 Å². The van der Waals surface area contributed by atoms with E-state index in [9.17, 15) is 8.78 Å². The zero-order chi connectivity index (χ0) is 23.2. The molecule has 178 valence electrons. The molecule has 0 aliphatic heterocycles. The highest BCUT2D eigenvalue weighted by atomic mass is 19.2. The minimum Gasteiger partial charge on any atom is -0.241 e. The van der Waals surface area contributed by atoms with Crippen LogP contribution in [0.1, 0.15) is 106 Å². The van der Waals surface area contributed by atoms with Crippen molar-refractivity contribution in [3.63, 3.8) is 0 Å². The molecule has 2 fully saturated rings. The molecule has 0 radical (unpaired) electrons. The fourth-order valence-corrected chi connectivity index (χ4v) is 6.11. The van der Waals surface area contributed by atoms with Gasteiger partial charge in [0.2, 0.25) is 0 Å². The van der Waals surface area contributed by atoms with Gasteiger partial charge in [-0.25, -0.2) is 18.7 Å². The summed E-state index contributed by atoms with van der Waals surface area (Å²) in [4.78, 5) is 9.09. The highest BCUT2D eigenvalue weighted by Gasteiger charge is 2.33. The molecule has 0 saturated heterocycles. The van der Waals surface area contributed by atoms with Crippen LogP contribution in [0.4, 0.5) is 8.78 Å². The van der Waals surface area contributed by atoms with Gasteiger partial charge in [-0.1, -0.05) is 37.6 Å². The SMILES string of the molecule is C/C=C\Cc1ncc(C2CCC(C3CCC(c4ccc(CCC)c(F)c4F)CC3)CC2)cn1. The van der Waals surface area contributed by atoms with Crippen molar-refractivity contribution in [3.8, 4) is 0 Å². The monoisotopic (exact) mass is 452 g/mol. The average Bonchev–Trinajstić information content (AvgIpc) is 2.86. The Hall–Kier alpha value is -2.10. The second-order valence-electron chi connectivity index (χ2n) is 10.1. The van der Waals surface area contributed by atoms with Gasteiger partial charge in [-0.2, -0.15) is 0 Å². The lowest BCUT2D eigenvalue weighted by atomic mass is 9.67. The summed E-state index contributed by atoms with van der Waals surface area (Å²) >= 11 is 0. The van der Waals surface area contributed by atoms with Crippen LogP contribution in [0.25, 0.3) is 0 Å². The molecule has 0 bridgehead atoms. The molecule has 2 aliphatic rings. The Balaban J connectivity index is 1.28. The average molecular weight is 453 g/mol. The first-order chi connectivity index (χ1) is 16.1. The molecule has 0 unspecified atom stereocenters. The van der Waals surface area contributed by atoms with E-state index in [4.69, 9.17) is 0 Å². The topological polar surface area (TPSA) is 25.8 Å². The summed E-state index contributed by atoms with van der Waals surface area (Å²) in [5.74, 6) is 1.92. The lowest BCUT2D eigenvalue weighted by Crippen LogP contribution is -2.25. The quantitative estimate of drug-likeness (QED) is 0.397. The predicted molar refractivity (Wildman–Crippen MR) is 130 cm³/mol. The van der Waals surface area contributed by atoms with E-state index in [2.05, 4.69) is 16.0 Å². The minimum atomic E-state index is -0.617. The predicted octanol–water partition coefficient (Wildman–Crippen LogP) is 8.07. The standard InChI is InChI=1S/C29H38F2N2/c1-3-5-7-27-32-18-25(19-33-27)22-10-8-20(9-11-22)21-12-14-23(15-13-21)26-17-16-24(6-4-2)28(30)29(26)31/h3,5,16-23H,4,6-15H2,1-2H3/b5-3-. The Kier molecular flexibility index (Phi) is 8.27. The van der Waals surface area contributed by atoms with E-state index in [1.165, 1.54) is 31.2 Å². The van der Waals surface area contributed by atoms with Crippen LogP contribution in [0.5, 0.6) is 0 Å². The van der Waals surface area contributed by atoms with Crippen molar-refractivity contribution in [2.45, 2.75) is 96.3 Å². The zero-order valence-corrected chi connectivity index (χ0v) is 20.2. The van der Waals surface area contributed by atoms with E-state index in [-0.39, 0.29) is 5.92 Å². The number of nitrogens with zero attached hydrogens (tertiary/aromatic N) is 2. The van der Waals surface area contributed by atoms with Crippen LogP contribution in [0.15, 0.2) is 36.7 Å². The molecule has 4 heteroatoms. The Bertz CT molecular complexity index is 921. The van der Waals surface area contributed by atoms with Crippen molar-refractivity contribution in [2.75, 3.05) is 0 Å². The fourth-order valence-electron chi connectivity index (χ4n) is 6.11. The first-order valence-electron chi connectivity index (χ1n) is 13.0. The van der Waals surface area contributed by atoms with Crippen molar-refractivity contribution in [3.05, 3.63) is 70.8 Å². The van der Waals surface area contributed by atoms with Crippen LogP contribution in [0.2, 0.25) is 0 Å². The number of aromatic nitrogens is 2. The molecule has 2 aliphatic carbocycles. The van der Waals surface area contributed by atoms with Gasteiger partial charge in [0.15, 0.2) is 11.6 Å². The van der Waals surface area contributed by atoms with Gasteiger partial charge in [-0.15, -0.1) is 0 Å². The third-order valence-electron chi connectivity index (χ3n) is 8.09. The molecular weight excluding hydrogens is 414 g/mol. The molecule has 0 spiro atoms. The first kappa shape index (κ1) is 24.0. The van der Waals surface area contributed by atoms with Crippen LogP contribution in [0, 0.1) is 23.5 Å². The largest absolute Gasteiger partial charge is 0.241 e. The van der Waals surface area contributed by atoms with Crippen molar-refractivity contribution < 1.29 is 8.78 Å². The molecule has 2 nitrogen and oxygen atoms in total. The molecule has 2 aromatic rings. The van der Waals surface area contributed by atoms with Crippen molar-refractivity contribution in [1.29, 1.82) is 0 Å². The molecule has 1 heterocycles. The van der Waals surface area contributed by atoms with Gasteiger partial charge in [-0.3, -0.25) is 0 Å². The van der Waals surface area contributed by atoms with Crippen LogP contribution in [-0.4, -0.2) is 9.97 Å². The molecule has 1 aromatic heterocycles. The Morgan fingerprint density at radius 1 is 0.848 bits per heavy atom. The molecule has 0 N–H and O–H groups in total. The third kappa shape index (κ3) is 5.70. The Morgan fingerprint density at radius 3 is 2.03 bits per heavy atom. The number of benzene rings is 1. The summed E-state index contributed by atoms with van der Waals surface area (Å²) in [6.45, 7) is 4.01. The van der Waals surface area contributed by atoms with Crippen molar-refractivity contribution in [2.24, 2.45) is 11.8 Å². The number of hydrogen-bond acceptors (Lipinski definition) is 2. The summed E-state index contributed by atoms with van der Waals surface area (Å²) in [5.41, 5.74) is 2.40. The highest BCUT2D eigenvalue weighted by molar-refractivity contribution is 5.29. The van der Waals surface area contributed by atoms with E-state index in [1.807, 2.05) is 38.4 Å². The molecule has 33 heavy (non-hydrogen) atoms. The summed E-state index contributed by atoms with van der Waals surface area (Å²) in [7, 11) is 0. The van der Waals surface area contributed by atoms with Gasteiger partial charge >= 0.3 is 0 Å². The normalized spacial score (nSPS) is 26.1. The minimum absolute atomic E-state index is 0.168. The van der Waals surface area contributed by atoms with E-state index in [0.717, 1.165) is 56.2 Å². The van der Waals surface area contributed by atoms with E-state index in [1.54, 1.807) is 6.07 Å². The summed E-state index contributed by atoms with van der Waals surface area (Å²) in [6, 6.07) is 3.66. The number of allylic oxidation sites excluding steroid dienone is 2. The number of hydrogen-bond donors (Lipinski definition) is 0. The number of halogens is 2. The first-order valence-corrected chi connectivity index (χ1v) is 13.0. The van der Waals surface area contributed by atoms with E-state index in [0.29, 0.717) is 23.5 Å². The Labute approximate surface area is 197 Å². The molecule has 2 saturated carbocycles. The summed E-state index contributed by atoms with van der Waals surface area (Å²) < 4.78 is 29.2. The Morgan fingerprint density at radius 2 is 1.45 bits per heavy atom. The van der Waals surface area contributed by atoms with Crippen LogP contribution >= 0.6 is 0 Å². The van der Waals surface area contributed by atoms with Gasteiger partial charge in [0.1, 0.15) is 5.82 Å². The lowest BCUT2D eigenvalue weighted by Gasteiger charge is -2.38. The molecule has 0 amide bonds. The zero-order valence-electron chi connectivity index (χ0n) is 20.2. The fraction of sp³-hybridized carbons (Fsp3) is 0.586. The second-order valence-corrected chi connectivity index (χ2v) is 10.1. The molecule has 0 atom stereocenters.